The van der Waals surface area contributed by atoms with E-state index in [0.29, 0.717) is 23.4 Å². The van der Waals surface area contributed by atoms with Crippen molar-refractivity contribution in [2.24, 2.45) is 21.7 Å². The van der Waals surface area contributed by atoms with Gasteiger partial charge >= 0.3 is 5.97 Å². The lowest BCUT2D eigenvalue weighted by Gasteiger charge is -2.47. The topological polar surface area (TPSA) is 62.2 Å². The lowest BCUT2D eigenvalue weighted by atomic mass is 9.69. The molecule has 6 nitrogen and oxygen atoms in total. The first-order chi connectivity index (χ1) is 20.0. The van der Waals surface area contributed by atoms with Crippen LogP contribution in [-0.2, 0) is 14.3 Å². The smallest absolute Gasteiger partial charge is 0.333 e. The summed E-state index contributed by atoms with van der Waals surface area (Å²) in [5.41, 5.74) is 1.25. The van der Waals surface area contributed by atoms with Crippen LogP contribution in [0.25, 0.3) is 0 Å². The molecule has 1 unspecified atom stereocenters. The van der Waals surface area contributed by atoms with Crippen LogP contribution in [0, 0.1) is 16.7 Å². The van der Waals surface area contributed by atoms with Gasteiger partial charge in [0, 0.05) is 18.7 Å². The number of amidine groups is 1. The first kappa shape index (κ1) is 35.1. The van der Waals surface area contributed by atoms with E-state index in [9.17, 15) is 9.59 Å². The molecule has 1 aliphatic heterocycles. The minimum Gasteiger partial charge on any atom is -0.460 e. The summed E-state index contributed by atoms with van der Waals surface area (Å²) < 4.78 is 5.42. The highest BCUT2D eigenvalue weighted by atomic mass is 16.5. The maximum absolute atomic E-state index is 14.7. The van der Waals surface area contributed by atoms with E-state index < -0.39 is 5.66 Å². The predicted molar refractivity (Wildman–Crippen MR) is 179 cm³/mol. The molecule has 2 aliphatic carbocycles. The van der Waals surface area contributed by atoms with E-state index in [2.05, 4.69) is 65.0 Å². The van der Waals surface area contributed by atoms with Crippen LogP contribution in [0.3, 0.4) is 0 Å². The van der Waals surface area contributed by atoms with Crippen LogP contribution in [0.1, 0.15) is 133 Å². The number of likely N-dealkylation sites (N-methyl/N-ethyl adjacent to an activating group) is 1. The number of rotatable bonds is 9. The van der Waals surface area contributed by atoms with E-state index in [4.69, 9.17) is 9.73 Å². The van der Waals surface area contributed by atoms with Crippen LogP contribution >= 0.6 is 0 Å². The predicted octanol–water partition coefficient (Wildman–Crippen LogP) is 8.63. The number of ether oxygens (including phenoxy) is 1. The summed E-state index contributed by atoms with van der Waals surface area (Å²) in [7, 11) is 2.09. The van der Waals surface area contributed by atoms with Gasteiger partial charge < -0.3 is 14.5 Å². The molecule has 0 N–H and O–H groups in total. The Labute approximate surface area is 263 Å². The number of allylic oxidation sites excluding steroid dienone is 2. The third-order valence-electron chi connectivity index (χ3n) is 9.93. The molecule has 242 valence electrons. The molecule has 0 aromatic heterocycles. The molecule has 3 rings (SSSR count). The number of esters is 1. The van der Waals surface area contributed by atoms with Gasteiger partial charge in [0.25, 0.3) is 5.91 Å². The highest BCUT2D eigenvalue weighted by molar-refractivity contribution is 6.39. The first-order valence-electron chi connectivity index (χ1n) is 16.9. The molecule has 0 aromatic rings. The molecule has 1 atom stereocenters. The zero-order chi connectivity index (χ0) is 32.2. The highest BCUT2D eigenvalue weighted by Gasteiger charge is 2.53. The zero-order valence-electron chi connectivity index (χ0n) is 29.1. The maximum Gasteiger partial charge on any atom is 0.333 e. The number of nitrogens with zero attached hydrogens (tertiary/aromatic N) is 3. The van der Waals surface area contributed by atoms with Gasteiger partial charge in [-0.1, -0.05) is 85.6 Å². The van der Waals surface area contributed by atoms with Crippen LogP contribution in [0.4, 0.5) is 0 Å². The molecule has 0 bridgehead atoms. The molecule has 0 aromatic carbocycles. The third kappa shape index (κ3) is 8.85. The minimum atomic E-state index is -0.558. The quantitative estimate of drug-likeness (QED) is 0.152. The molecule has 2 saturated carbocycles. The van der Waals surface area contributed by atoms with E-state index in [1.54, 1.807) is 6.92 Å². The lowest BCUT2D eigenvalue weighted by molar-refractivity contribution is -0.142. The molecule has 1 amide bonds. The fourth-order valence-corrected chi connectivity index (χ4v) is 7.12. The molecule has 0 saturated heterocycles. The molecule has 6 heteroatoms. The van der Waals surface area contributed by atoms with Crippen LogP contribution in [0.2, 0.25) is 0 Å². The van der Waals surface area contributed by atoms with Crippen molar-refractivity contribution in [1.29, 1.82) is 0 Å². The van der Waals surface area contributed by atoms with Crippen LogP contribution in [-0.4, -0.2) is 58.4 Å². The number of carbonyl (C=O) groups is 2. The molecule has 2 fully saturated rings. The summed E-state index contributed by atoms with van der Waals surface area (Å²) >= 11 is 0. The normalized spacial score (nSPS) is 25.3. The van der Waals surface area contributed by atoms with Crippen molar-refractivity contribution in [3.8, 4) is 0 Å². The summed E-state index contributed by atoms with van der Waals surface area (Å²) in [5, 5.41) is 0. The van der Waals surface area contributed by atoms with Gasteiger partial charge in [0.2, 0.25) is 0 Å². The molecular formula is C37H61N3O3. The largest absolute Gasteiger partial charge is 0.460 e. The van der Waals surface area contributed by atoms with Crippen molar-refractivity contribution in [1.82, 2.24) is 9.80 Å². The number of carbonyl (C=O) groups excluding carboxylic acids is 2. The van der Waals surface area contributed by atoms with Crippen molar-refractivity contribution in [2.75, 3.05) is 7.05 Å². The van der Waals surface area contributed by atoms with E-state index >= 15 is 0 Å². The van der Waals surface area contributed by atoms with Crippen molar-refractivity contribution >= 4 is 17.7 Å². The van der Waals surface area contributed by atoms with Gasteiger partial charge in [0.05, 0.1) is 12.1 Å². The van der Waals surface area contributed by atoms with Gasteiger partial charge in [-0.3, -0.25) is 4.79 Å². The van der Waals surface area contributed by atoms with Crippen molar-refractivity contribution in [3.63, 3.8) is 0 Å². The van der Waals surface area contributed by atoms with E-state index in [-0.39, 0.29) is 34.9 Å². The third-order valence-corrected chi connectivity index (χ3v) is 9.93. The fraction of sp³-hybridized carbons (Fsp3) is 0.757. The fourth-order valence-electron chi connectivity index (χ4n) is 7.12. The average Bonchev–Trinajstić information content (AvgIpc) is 3.20. The minimum absolute atomic E-state index is 0.0499. The number of hydrogen-bond acceptors (Lipinski definition) is 5. The Kier molecular flexibility index (Phi) is 11.6. The van der Waals surface area contributed by atoms with Gasteiger partial charge in [-0.25, -0.2) is 9.79 Å². The molecular weight excluding hydrogens is 534 g/mol. The van der Waals surface area contributed by atoms with E-state index in [1.807, 2.05) is 32.1 Å². The Morgan fingerprint density at radius 3 is 2.19 bits per heavy atom. The second kappa shape index (κ2) is 14.2. The zero-order valence-corrected chi connectivity index (χ0v) is 29.1. The molecule has 0 radical (unpaired) electrons. The van der Waals surface area contributed by atoms with Crippen LogP contribution in [0.5, 0.6) is 0 Å². The van der Waals surface area contributed by atoms with E-state index in [1.165, 1.54) is 19.3 Å². The summed E-state index contributed by atoms with van der Waals surface area (Å²) in [6.45, 7) is 23.5. The number of aliphatic imine (C=N–C) groups is 1. The standard InChI is InChI=1S/C37H61N3O3/c1-12-28(19-18-27(4)34(42)43-26(2)3)31(22-23-35(5,6)7)40-33(41)32(39(11)30-16-14-13-15-17-30)38-37(40)24-20-29(21-25-37)36(8,9)10/h12,18-19,26,29-31H,1,13-17,20-25H2,2-11H3/b27-18+,28-19+. The summed E-state index contributed by atoms with van der Waals surface area (Å²) in [5.74, 6) is 0.964. The summed E-state index contributed by atoms with van der Waals surface area (Å²) in [6.07, 6.45) is 17.0. The first-order valence-corrected chi connectivity index (χ1v) is 16.9. The molecule has 1 heterocycles. The van der Waals surface area contributed by atoms with E-state index in [0.717, 1.165) is 56.9 Å². The van der Waals surface area contributed by atoms with Gasteiger partial charge in [0.1, 0.15) is 5.66 Å². The van der Waals surface area contributed by atoms with Gasteiger partial charge in [-0.2, -0.15) is 0 Å². The SMILES string of the molecule is C=C/C(=C\C=C(/C)C(=O)OC(C)C)C(CCC(C)(C)C)N1C(=O)C(N(C)C2CCCCC2)=NC12CCC(C(C)(C)C)CC2. The highest BCUT2D eigenvalue weighted by Crippen LogP contribution is 2.48. The van der Waals surface area contributed by atoms with Gasteiger partial charge in [0.15, 0.2) is 5.84 Å². The van der Waals surface area contributed by atoms with Gasteiger partial charge in [-0.15, -0.1) is 0 Å². The van der Waals surface area contributed by atoms with Crippen LogP contribution < -0.4 is 0 Å². The van der Waals surface area contributed by atoms with Crippen LogP contribution in [0.15, 0.2) is 40.9 Å². The Morgan fingerprint density at radius 2 is 1.67 bits per heavy atom. The summed E-state index contributed by atoms with van der Waals surface area (Å²) in [6, 6.07) is 0.168. The van der Waals surface area contributed by atoms with Crippen molar-refractivity contribution in [2.45, 2.75) is 157 Å². The number of hydrogen-bond donors (Lipinski definition) is 0. The second-order valence-electron chi connectivity index (χ2n) is 15.9. The Morgan fingerprint density at radius 1 is 1.07 bits per heavy atom. The van der Waals surface area contributed by atoms with Gasteiger partial charge in [-0.05, 0) is 94.5 Å². The number of amides is 1. The average molecular weight is 596 g/mol. The molecule has 43 heavy (non-hydrogen) atoms. The Hall–Kier alpha value is -2.37. The lowest BCUT2D eigenvalue weighted by Crippen LogP contribution is -2.56. The Balaban J connectivity index is 2.08. The summed E-state index contributed by atoms with van der Waals surface area (Å²) in [4.78, 5) is 37.1. The van der Waals surface area contributed by atoms with Crippen molar-refractivity contribution < 1.29 is 14.3 Å². The van der Waals surface area contributed by atoms with Crippen molar-refractivity contribution in [3.05, 3.63) is 36.0 Å². The monoisotopic (exact) mass is 595 g/mol. The Bertz CT molecular complexity index is 1090. The molecule has 1 spiro atoms. The maximum atomic E-state index is 14.7. The second-order valence-corrected chi connectivity index (χ2v) is 15.9. The molecule has 3 aliphatic rings.